The van der Waals surface area contributed by atoms with Crippen LogP contribution in [0.3, 0.4) is 0 Å². The van der Waals surface area contributed by atoms with Crippen LogP contribution < -0.4 is 10.7 Å². The Labute approximate surface area is 197 Å². The van der Waals surface area contributed by atoms with Crippen molar-refractivity contribution < 1.29 is 9.13 Å². The number of allylic oxidation sites excluding steroid dienone is 1. The van der Waals surface area contributed by atoms with E-state index >= 15 is 0 Å². The summed E-state index contributed by atoms with van der Waals surface area (Å²) in [6, 6.07) is 18.6. The zero-order valence-corrected chi connectivity index (χ0v) is 19.4. The van der Waals surface area contributed by atoms with Gasteiger partial charge in [-0.25, -0.2) is 14.4 Å². The molecular formula is C27H26FN5O. The van der Waals surface area contributed by atoms with Crippen molar-refractivity contribution in [1.82, 2.24) is 9.55 Å². The summed E-state index contributed by atoms with van der Waals surface area (Å²) in [7, 11) is 1.62. The highest BCUT2D eigenvalue weighted by atomic mass is 19.1. The van der Waals surface area contributed by atoms with E-state index < -0.39 is 0 Å². The van der Waals surface area contributed by atoms with Crippen molar-refractivity contribution in [2.24, 2.45) is 9.98 Å². The van der Waals surface area contributed by atoms with Crippen LogP contribution in [0, 0.1) is 5.82 Å². The van der Waals surface area contributed by atoms with Crippen molar-refractivity contribution >= 4 is 22.9 Å². The minimum Gasteiger partial charge on any atom is -0.480 e. The fourth-order valence-corrected chi connectivity index (χ4v) is 4.19. The minimum absolute atomic E-state index is 0.0888. The Hall–Kier alpha value is -4.00. The summed E-state index contributed by atoms with van der Waals surface area (Å²) < 4.78 is 21.3. The molecule has 1 N–H and O–H groups in total. The summed E-state index contributed by atoms with van der Waals surface area (Å²) in [4.78, 5) is 14.2. The van der Waals surface area contributed by atoms with Gasteiger partial charge in [-0.05, 0) is 75.2 Å². The lowest BCUT2D eigenvalue weighted by Crippen LogP contribution is -2.19. The second kappa shape index (κ2) is 9.09. The number of hydrogen-bond donors (Lipinski definition) is 1. The summed E-state index contributed by atoms with van der Waals surface area (Å²) in [6.07, 6.45) is 3.50. The largest absolute Gasteiger partial charge is 0.480 e. The van der Waals surface area contributed by atoms with E-state index in [4.69, 9.17) is 14.7 Å². The van der Waals surface area contributed by atoms with Crippen molar-refractivity contribution in [1.29, 1.82) is 0 Å². The molecule has 0 saturated carbocycles. The van der Waals surface area contributed by atoms with Crippen molar-refractivity contribution in [2.45, 2.75) is 32.7 Å². The van der Waals surface area contributed by atoms with Crippen LogP contribution in [0.25, 0.3) is 28.1 Å². The Kier molecular flexibility index (Phi) is 5.84. The van der Waals surface area contributed by atoms with Gasteiger partial charge >= 0.3 is 0 Å². The molecule has 2 aliphatic heterocycles. The van der Waals surface area contributed by atoms with Gasteiger partial charge in [0.05, 0.1) is 46.3 Å². The highest BCUT2D eigenvalue weighted by Crippen LogP contribution is 2.30. The number of hydrogen-bond acceptors (Lipinski definition) is 5. The monoisotopic (exact) mass is 455 g/mol. The predicted octanol–water partition coefficient (Wildman–Crippen LogP) is 5.67. The molecule has 3 aliphatic rings. The Morgan fingerprint density at radius 2 is 1.88 bits per heavy atom. The lowest BCUT2D eigenvalue weighted by molar-refractivity contribution is 0.281. The number of aromatic nitrogens is 2. The number of anilines is 1. The number of nitrogens with zero attached hydrogens (tertiary/aromatic N) is 4. The molecule has 0 aromatic heterocycles. The van der Waals surface area contributed by atoms with Gasteiger partial charge in [0.15, 0.2) is 0 Å². The minimum atomic E-state index is -0.272. The number of aliphatic imine (C=N–C) groups is 1. The molecule has 0 saturated heterocycles. The Balaban J connectivity index is 1.80. The van der Waals surface area contributed by atoms with Crippen LogP contribution >= 0.6 is 0 Å². The lowest BCUT2D eigenvalue weighted by Gasteiger charge is -2.21. The summed E-state index contributed by atoms with van der Waals surface area (Å²) in [6.45, 7) is 4.09. The molecule has 0 amide bonds. The van der Waals surface area contributed by atoms with Gasteiger partial charge in [0.1, 0.15) is 5.82 Å². The van der Waals surface area contributed by atoms with Gasteiger partial charge < -0.3 is 14.6 Å². The maximum absolute atomic E-state index is 13.7. The molecule has 6 nitrogen and oxygen atoms in total. The predicted molar refractivity (Wildman–Crippen MR) is 134 cm³/mol. The molecule has 0 atom stereocenters. The first-order valence-corrected chi connectivity index (χ1v) is 11.4. The molecule has 2 aromatic rings. The number of benzene rings is 3. The smallest absolute Gasteiger partial charge is 0.232 e. The van der Waals surface area contributed by atoms with Gasteiger partial charge in [-0.2, -0.15) is 0 Å². The SMILES string of the molecule is COC1=C(Nc2cc3nc4ccccc4n(-c4ccc(F)cc4)c-3cc2=NC(C)C)CCC=N1. The Bertz CT molecular complexity index is 1450. The molecule has 0 unspecified atom stereocenters. The maximum atomic E-state index is 13.7. The molecule has 172 valence electrons. The standard InChI is InChI=1S/C27H26FN5O/c1-17(2)30-23-16-26-24(15-22(23)32-21-8-6-14-29-27(21)34-3)31-20-7-4-5-9-25(20)33(26)19-12-10-18(28)11-13-19/h4-5,7,9-17,32H,6,8H2,1-3H3. The van der Waals surface area contributed by atoms with Gasteiger partial charge in [-0.3, -0.25) is 4.99 Å². The average Bonchev–Trinajstić information content (AvgIpc) is 2.84. The molecule has 2 aromatic carbocycles. The van der Waals surface area contributed by atoms with Crippen molar-refractivity contribution in [3.8, 4) is 17.1 Å². The van der Waals surface area contributed by atoms with Crippen LogP contribution in [0.4, 0.5) is 10.1 Å². The van der Waals surface area contributed by atoms with E-state index in [9.17, 15) is 4.39 Å². The fourth-order valence-electron chi connectivity index (χ4n) is 4.19. The highest BCUT2D eigenvalue weighted by Gasteiger charge is 2.18. The maximum Gasteiger partial charge on any atom is 0.232 e. The highest BCUT2D eigenvalue weighted by molar-refractivity contribution is 5.84. The number of fused-ring (bicyclic) bond motifs is 2. The third-order valence-corrected chi connectivity index (χ3v) is 5.65. The second-order valence-electron chi connectivity index (χ2n) is 8.46. The summed E-state index contributed by atoms with van der Waals surface area (Å²) in [5, 5.41) is 4.32. The van der Waals surface area contributed by atoms with Crippen LogP contribution in [-0.2, 0) is 4.74 Å². The van der Waals surface area contributed by atoms with E-state index in [0.717, 1.165) is 57.7 Å². The number of nitrogens with one attached hydrogen (secondary N) is 1. The molecular weight excluding hydrogens is 429 g/mol. The van der Waals surface area contributed by atoms with E-state index in [0.29, 0.717) is 5.88 Å². The number of methoxy groups -OCH3 is 1. The summed E-state index contributed by atoms with van der Waals surface area (Å²) in [5.74, 6) is 0.307. The number of ether oxygens (including phenoxy) is 1. The molecule has 34 heavy (non-hydrogen) atoms. The van der Waals surface area contributed by atoms with E-state index in [-0.39, 0.29) is 11.9 Å². The van der Waals surface area contributed by atoms with Gasteiger partial charge in [-0.1, -0.05) is 12.1 Å². The zero-order valence-electron chi connectivity index (χ0n) is 19.4. The normalized spacial score (nSPS) is 14.4. The van der Waals surface area contributed by atoms with Crippen molar-refractivity contribution in [2.75, 3.05) is 12.4 Å². The molecule has 0 bridgehead atoms. The van der Waals surface area contributed by atoms with E-state index in [2.05, 4.69) is 14.9 Å². The number of halogens is 1. The number of para-hydroxylation sites is 2. The van der Waals surface area contributed by atoms with Gasteiger partial charge in [0, 0.05) is 17.9 Å². The first kappa shape index (κ1) is 21.8. The van der Waals surface area contributed by atoms with Crippen LogP contribution in [0.2, 0.25) is 0 Å². The van der Waals surface area contributed by atoms with Gasteiger partial charge in [-0.15, -0.1) is 0 Å². The zero-order chi connectivity index (χ0) is 23.7. The second-order valence-corrected chi connectivity index (χ2v) is 8.46. The number of rotatable bonds is 5. The van der Waals surface area contributed by atoms with Crippen LogP contribution in [0.5, 0.6) is 0 Å². The van der Waals surface area contributed by atoms with Crippen LogP contribution in [-0.4, -0.2) is 28.9 Å². The van der Waals surface area contributed by atoms with Crippen LogP contribution in [0.15, 0.2) is 82.2 Å². The first-order valence-electron chi connectivity index (χ1n) is 11.4. The summed E-state index contributed by atoms with van der Waals surface area (Å²) in [5.41, 5.74) is 6.08. The van der Waals surface area contributed by atoms with Crippen molar-refractivity contribution in [3.63, 3.8) is 0 Å². The first-order chi connectivity index (χ1) is 16.5. The summed E-state index contributed by atoms with van der Waals surface area (Å²) >= 11 is 0. The van der Waals surface area contributed by atoms with Crippen molar-refractivity contribution in [3.05, 3.63) is 83.4 Å². The quantitative estimate of drug-likeness (QED) is 0.394. The molecule has 0 radical (unpaired) electrons. The van der Waals surface area contributed by atoms with Gasteiger partial charge in [0.2, 0.25) is 5.88 Å². The average molecular weight is 456 g/mol. The molecule has 1 aliphatic carbocycles. The van der Waals surface area contributed by atoms with Gasteiger partial charge in [0.25, 0.3) is 0 Å². The topological polar surface area (TPSA) is 63.8 Å². The van der Waals surface area contributed by atoms with E-state index in [1.807, 2.05) is 56.5 Å². The fraction of sp³-hybridized carbons (Fsp3) is 0.222. The Morgan fingerprint density at radius 3 is 2.65 bits per heavy atom. The third kappa shape index (κ3) is 4.17. The molecule has 7 heteroatoms. The van der Waals surface area contributed by atoms with Crippen LogP contribution in [0.1, 0.15) is 26.7 Å². The molecule has 0 fully saturated rings. The van der Waals surface area contributed by atoms with E-state index in [1.165, 1.54) is 12.1 Å². The lowest BCUT2D eigenvalue weighted by atomic mass is 10.1. The van der Waals surface area contributed by atoms with E-state index in [1.54, 1.807) is 19.2 Å². The Morgan fingerprint density at radius 1 is 1.09 bits per heavy atom. The third-order valence-electron chi connectivity index (χ3n) is 5.65. The molecule has 5 rings (SSSR count). The molecule has 0 spiro atoms. The molecule has 2 heterocycles.